The van der Waals surface area contributed by atoms with E-state index in [1.807, 2.05) is 46.2 Å². The Morgan fingerprint density at radius 1 is 1.02 bits per heavy atom. The van der Waals surface area contributed by atoms with Gasteiger partial charge in [0.2, 0.25) is 0 Å². The van der Waals surface area contributed by atoms with Crippen LogP contribution in [-0.2, 0) is 17.7 Å². The molecule has 53 heavy (non-hydrogen) atoms. The van der Waals surface area contributed by atoms with E-state index in [4.69, 9.17) is 14.8 Å². The number of likely N-dealkylation sites (tertiary alicyclic amines) is 2. The SMILES string of the molecule is CNc1cc(N2CCc3c(-c4ccc(CN5CC6(CCN(C(=O)OC(C)(C)C)CC6(F)F)C5)cn4)cccc32)nn2c(C(=O)N[C@H]3CC3(F)F)cnc12. The van der Waals surface area contributed by atoms with E-state index in [0.29, 0.717) is 36.7 Å². The van der Waals surface area contributed by atoms with Crippen molar-refractivity contribution in [1.82, 2.24) is 34.7 Å². The average Bonchev–Trinajstić information content (AvgIpc) is 3.41. The third-order valence-electron chi connectivity index (χ3n) is 10.6. The summed E-state index contributed by atoms with van der Waals surface area (Å²) in [4.78, 5) is 39.6. The molecule has 12 nitrogen and oxygen atoms in total. The molecule has 16 heteroatoms. The monoisotopic (exact) mass is 735 g/mol. The van der Waals surface area contributed by atoms with E-state index in [2.05, 4.69) is 15.6 Å². The Kier molecular flexibility index (Phi) is 8.13. The number of nitrogens with zero attached hydrogens (tertiary/aromatic N) is 7. The maximum Gasteiger partial charge on any atom is 0.410 e. The number of alkyl halides is 4. The zero-order valence-corrected chi connectivity index (χ0v) is 29.9. The van der Waals surface area contributed by atoms with Gasteiger partial charge in [-0.25, -0.2) is 31.9 Å². The molecule has 280 valence electrons. The zero-order chi connectivity index (χ0) is 37.5. The summed E-state index contributed by atoms with van der Waals surface area (Å²) >= 11 is 0. The molecule has 0 radical (unpaired) electrons. The summed E-state index contributed by atoms with van der Waals surface area (Å²) in [6.07, 6.45) is 2.94. The fourth-order valence-electron chi connectivity index (χ4n) is 7.69. The number of fused-ring (bicyclic) bond motifs is 2. The largest absolute Gasteiger partial charge is 0.444 e. The van der Waals surface area contributed by atoms with Gasteiger partial charge in [-0.3, -0.25) is 14.7 Å². The number of ether oxygens (including phenoxy) is 1. The smallest absolute Gasteiger partial charge is 0.410 e. The molecule has 3 aromatic heterocycles. The number of pyridine rings is 1. The molecule has 4 aliphatic rings. The Bertz CT molecular complexity index is 2090. The highest BCUT2D eigenvalue weighted by atomic mass is 19.3. The predicted molar refractivity (Wildman–Crippen MR) is 189 cm³/mol. The number of benzene rings is 1. The van der Waals surface area contributed by atoms with Crippen molar-refractivity contribution in [2.75, 3.05) is 50.0 Å². The molecule has 2 N–H and O–H groups in total. The Hall–Kier alpha value is -4.99. The molecule has 1 spiro atoms. The minimum absolute atomic E-state index is 0.0594. The summed E-state index contributed by atoms with van der Waals surface area (Å²) in [5.74, 6) is -6.04. The number of hydrogen-bond donors (Lipinski definition) is 2. The van der Waals surface area contributed by atoms with Crippen LogP contribution >= 0.6 is 0 Å². The van der Waals surface area contributed by atoms with Gasteiger partial charge in [-0.15, -0.1) is 5.10 Å². The van der Waals surface area contributed by atoms with Crippen molar-refractivity contribution < 1.29 is 31.9 Å². The molecular weight excluding hydrogens is 694 g/mol. The van der Waals surface area contributed by atoms with Crippen molar-refractivity contribution in [1.29, 1.82) is 0 Å². The van der Waals surface area contributed by atoms with Crippen LogP contribution in [0.25, 0.3) is 16.9 Å². The van der Waals surface area contributed by atoms with E-state index in [-0.39, 0.29) is 38.2 Å². The van der Waals surface area contributed by atoms with Crippen LogP contribution in [-0.4, -0.2) is 105 Å². The summed E-state index contributed by atoms with van der Waals surface area (Å²) < 4.78 is 64.6. The third kappa shape index (κ3) is 6.29. The fourth-order valence-corrected chi connectivity index (χ4v) is 7.69. The van der Waals surface area contributed by atoms with Gasteiger partial charge >= 0.3 is 6.09 Å². The topological polar surface area (TPSA) is 120 Å². The molecule has 4 aromatic rings. The second-order valence-corrected chi connectivity index (χ2v) is 15.6. The number of amides is 2. The van der Waals surface area contributed by atoms with Gasteiger partial charge < -0.3 is 25.2 Å². The predicted octanol–water partition coefficient (Wildman–Crippen LogP) is 5.74. The van der Waals surface area contributed by atoms with Gasteiger partial charge in [-0.1, -0.05) is 18.2 Å². The third-order valence-corrected chi connectivity index (χ3v) is 10.6. The minimum atomic E-state index is -3.02. The number of halogens is 4. The second-order valence-electron chi connectivity index (χ2n) is 15.6. The Morgan fingerprint density at radius 2 is 1.79 bits per heavy atom. The summed E-state index contributed by atoms with van der Waals surface area (Å²) in [5.41, 5.74) is 3.81. The van der Waals surface area contributed by atoms with E-state index in [1.54, 1.807) is 34.0 Å². The van der Waals surface area contributed by atoms with E-state index >= 15 is 8.78 Å². The maximum atomic E-state index is 15.4. The highest BCUT2D eigenvalue weighted by Crippen LogP contribution is 2.51. The second kappa shape index (κ2) is 12.3. The number of aromatic nitrogens is 4. The molecule has 8 rings (SSSR count). The summed E-state index contributed by atoms with van der Waals surface area (Å²) in [5, 5.41) is 10.2. The number of rotatable bonds is 7. The van der Waals surface area contributed by atoms with Crippen molar-refractivity contribution in [3.8, 4) is 11.3 Å². The average molecular weight is 736 g/mol. The van der Waals surface area contributed by atoms with Gasteiger partial charge in [0.1, 0.15) is 5.60 Å². The molecule has 0 bridgehead atoms. The van der Waals surface area contributed by atoms with E-state index in [9.17, 15) is 18.4 Å². The molecule has 2 amide bonds. The molecule has 6 heterocycles. The lowest BCUT2D eigenvalue weighted by Gasteiger charge is -2.57. The first-order valence-corrected chi connectivity index (χ1v) is 17.7. The van der Waals surface area contributed by atoms with Crippen LogP contribution in [0.1, 0.15) is 55.2 Å². The van der Waals surface area contributed by atoms with Crippen LogP contribution in [0.2, 0.25) is 0 Å². The number of hydrogen-bond acceptors (Lipinski definition) is 9. The van der Waals surface area contributed by atoms with E-state index in [1.165, 1.54) is 10.7 Å². The quantitative estimate of drug-likeness (QED) is 0.229. The highest BCUT2D eigenvalue weighted by Gasteiger charge is 2.63. The Labute approximate surface area is 303 Å². The molecule has 1 saturated carbocycles. The van der Waals surface area contributed by atoms with Gasteiger partial charge in [0.15, 0.2) is 17.2 Å². The molecule has 1 aromatic carbocycles. The summed E-state index contributed by atoms with van der Waals surface area (Å²) in [7, 11) is 1.73. The lowest BCUT2D eigenvalue weighted by Crippen LogP contribution is -2.70. The van der Waals surface area contributed by atoms with Crippen LogP contribution in [0, 0.1) is 5.41 Å². The van der Waals surface area contributed by atoms with E-state index in [0.717, 1.165) is 33.0 Å². The Balaban J connectivity index is 0.951. The zero-order valence-electron chi connectivity index (χ0n) is 29.9. The van der Waals surface area contributed by atoms with Gasteiger partial charge in [0, 0.05) is 69.7 Å². The number of nitrogens with one attached hydrogen (secondary N) is 2. The lowest BCUT2D eigenvalue weighted by molar-refractivity contribution is -0.223. The van der Waals surface area contributed by atoms with Crippen LogP contribution in [0.15, 0.2) is 48.8 Å². The number of carbonyl (C=O) groups is 2. The lowest BCUT2D eigenvalue weighted by atomic mass is 9.69. The van der Waals surface area contributed by atoms with Gasteiger partial charge in [-0.05, 0) is 56.9 Å². The van der Waals surface area contributed by atoms with E-state index < -0.39 is 47.4 Å². The van der Waals surface area contributed by atoms with Gasteiger partial charge in [-0.2, -0.15) is 0 Å². The summed E-state index contributed by atoms with van der Waals surface area (Å²) in [6, 6.07) is 10.5. The first-order chi connectivity index (χ1) is 25.1. The molecule has 2 saturated heterocycles. The van der Waals surface area contributed by atoms with Gasteiger partial charge in [0.05, 0.1) is 35.6 Å². The molecule has 1 atom stereocenters. The van der Waals surface area contributed by atoms with Crippen molar-refractivity contribution >= 4 is 34.8 Å². The van der Waals surface area contributed by atoms with Crippen LogP contribution in [0.3, 0.4) is 0 Å². The summed E-state index contributed by atoms with van der Waals surface area (Å²) in [6.45, 7) is 6.32. The molecule has 0 unspecified atom stereocenters. The first-order valence-electron chi connectivity index (χ1n) is 17.7. The Morgan fingerprint density at radius 3 is 2.45 bits per heavy atom. The number of piperidine rings is 1. The highest BCUT2D eigenvalue weighted by molar-refractivity contribution is 5.94. The normalized spacial score (nSPS) is 21.3. The van der Waals surface area contributed by atoms with Crippen LogP contribution < -0.4 is 15.5 Å². The molecular formula is C37H41F4N9O3. The van der Waals surface area contributed by atoms with Crippen molar-refractivity contribution in [3.05, 3.63) is 65.6 Å². The number of carbonyl (C=O) groups excluding carboxylic acids is 2. The maximum absolute atomic E-state index is 15.4. The molecule has 1 aliphatic carbocycles. The number of imidazole rings is 1. The standard InChI is InChI=1S/C37H41F4N9O3/c1-34(2,3)53-33(52)48-13-11-35(37(40,41)21-48)19-47(20-35)18-22-8-9-25(43-16-22)23-6-5-7-27-24(23)10-12-49(27)30-14-26(42-4)31-44-17-28(50(31)46-30)32(51)45-29-15-36(29,38)39/h5-9,14,16-17,29,42H,10-13,15,18-21H2,1-4H3,(H,45,51)/t29-/m0/s1. The minimum Gasteiger partial charge on any atom is -0.444 e. The van der Waals surface area contributed by atoms with Crippen LogP contribution in [0.5, 0.6) is 0 Å². The van der Waals surface area contributed by atoms with Crippen molar-refractivity contribution in [3.63, 3.8) is 0 Å². The van der Waals surface area contributed by atoms with Crippen molar-refractivity contribution in [2.24, 2.45) is 5.41 Å². The van der Waals surface area contributed by atoms with Gasteiger partial charge in [0.25, 0.3) is 17.8 Å². The van der Waals surface area contributed by atoms with Crippen molar-refractivity contribution in [2.45, 2.75) is 70.1 Å². The fraction of sp³-hybridized carbons (Fsp3) is 0.486. The molecule has 3 fully saturated rings. The number of anilines is 3. The first kappa shape index (κ1) is 35.1. The molecule has 3 aliphatic heterocycles. The van der Waals surface area contributed by atoms with Crippen LogP contribution in [0.4, 0.5) is 39.5 Å².